The van der Waals surface area contributed by atoms with E-state index in [0.717, 1.165) is 6.42 Å². The fourth-order valence-electron chi connectivity index (χ4n) is 0.129. The highest BCUT2D eigenvalue weighted by Gasteiger charge is 1.90. The van der Waals surface area contributed by atoms with Crippen LogP contribution in [0.2, 0.25) is 0 Å². The molecule has 5 N–H and O–H groups in total. The molecule has 0 aliphatic carbocycles. The van der Waals surface area contributed by atoms with Crippen molar-refractivity contribution in [1.82, 2.24) is 0 Å². The molecule has 0 aliphatic rings. The molecular formula is C4H13NO5S. The lowest BCUT2D eigenvalue weighted by molar-refractivity contribution is 0.263. The maximum atomic E-state index is 8.74. The van der Waals surface area contributed by atoms with Crippen LogP contribution >= 0.6 is 0 Å². The van der Waals surface area contributed by atoms with Gasteiger partial charge in [0.05, 0.1) is 6.61 Å². The summed E-state index contributed by atoms with van der Waals surface area (Å²) in [6, 6.07) is -0.00926. The van der Waals surface area contributed by atoms with Crippen LogP contribution in [0, 0.1) is 0 Å². The fourth-order valence-corrected chi connectivity index (χ4v) is 0.129. The minimum Gasteiger partial charge on any atom is -0.395 e. The van der Waals surface area contributed by atoms with Crippen molar-refractivity contribution in [2.45, 2.75) is 19.4 Å². The lowest BCUT2D eigenvalue weighted by Gasteiger charge is -1.98. The third-order valence-electron chi connectivity index (χ3n) is 0.759. The first-order chi connectivity index (χ1) is 4.81. The first-order valence-corrected chi connectivity index (χ1v) is 4.27. The van der Waals surface area contributed by atoms with Crippen LogP contribution in [0.25, 0.3) is 0 Å². The summed E-state index contributed by atoms with van der Waals surface area (Å²) in [6.45, 7) is 2.05. The highest BCUT2D eigenvalue weighted by Crippen LogP contribution is 1.79. The van der Waals surface area contributed by atoms with Gasteiger partial charge >= 0.3 is 10.4 Å². The summed E-state index contributed by atoms with van der Waals surface area (Å²) in [4.78, 5) is 0. The molecule has 0 radical (unpaired) electrons. The van der Waals surface area contributed by atoms with Crippen LogP contribution < -0.4 is 5.73 Å². The van der Waals surface area contributed by atoms with E-state index in [9.17, 15) is 0 Å². The van der Waals surface area contributed by atoms with E-state index in [2.05, 4.69) is 0 Å². The fraction of sp³-hybridized carbons (Fsp3) is 1.00. The van der Waals surface area contributed by atoms with Gasteiger partial charge in [0, 0.05) is 6.04 Å². The van der Waals surface area contributed by atoms with Crippen LogP contribution in [0.4, 0.5) is 0 Å². The molecule has 0 bridgehead atoms. The summed E-state index contributed by atoms with van der Waals surface area (Å²) in [5.41, 5.74) is 5.22. The number of aliphatic hydroxyl groups excluding tert-OH is 1. The zero-order valence-corrected chi connectivity index (χ0v) is 6.95. The normalized spacial score (nSPS) is 13.2. The molecule has 11 heavy (non-hydrogen) atoms. The van der Waals surface area contributed by atoms with Crippen molar-refractivity contribution in [3.05, 3.63) is 0 Å². The quantitative estimate of drug-likeness (QED) is 0.414. The first-order valence-electron chi connectivity index (χ1n) is 2.87. The minimum absolute atomic E-state index is 0.00926. The summed E-state index contributed by atoms with van der Waals surface area (Å²) in [7, 11) is -4.67. The molecule has 0 heterocycles. The maximum Gasteiger partial charge on any atom is 0.394 e. The molecule has 0 unspecified atom stereocenters. The molecule has 0 amide bonds. The van der Waals surface area contributed by atoms with Crippen LogP contribution in [0.3, 0.4) is 0 Å². The monoisotopic (exact) mass is 187 g/mol. The van der Waals surface area contributed by atoms with Crippen LogP contribution in [-0.2, 0) is 10.4 Å². The molecule has 0 fully saturated rings. The smallest absolute Gasteiger partial charge is 0.394 e. The number of nitrogens with two attached hydrogens (primary N) is 1. The van der Waals surface area contributed by atoms with E-state index in [0.29, 0.717) is 0 Å². The Kier molecular flexibility index (Phi) is 7.91. The Bertz CT molecular complexity index is 153. The lowest BCUT2D eigenvalue weighted by Crippen LogP contribution is -2.22. The summed E-state index contributed by atoms with van der Waals surface area (Å²) >= 11 is 0. The zero-order chi connectivity index (χ0) is 9.49. The number of hydrogen-bond donors (Lipinski definition) is 4. The van der Waals surface area contributed by atoms with Crippen molar-refractivity contribution in [3.63, 3.8) is 0 Å². The molecule has 0 spiro atoms. The second kappa shape index (κ2) is 6.50. The molecule has 1 atom stereocenters. The molecule has 0 saturated carbocycles. The van der Waals surface area contributed by atoms with Crippen molar-refractivity contribution in [1.29, 1.82) is 0 Å². The van der Waals surface area contributed by atoms with E-state index in [-0.39, 0.29) is 12.6 Å². The molecule has 0 aliphatic heterocycles. The van der Waals surface area contributed by atoms with Crippen LogP contribution in [0.15, 0.2) is 0 Å². The average Bonchev–Trinajstić information content (AvgIpc) is 1.83. The van der Waals surface area contributed by atoms with Gasteiger partial charge in [0.2, 0.25) is 0 Å². The maximum absolute atomic E-state index is 8.74. The second-order valence-electron chi connectivity index (χ2n) is 1.80. The Balaban J connectivity index is 0. The summed E-state index contributed by atoms with van der Waals surface area (Å²) in [6.07, 6.45) is 0.858. The molecule has 0 aromatic rings. The van der Waals surface area contributed by atoms with E-state index in [1.54, 1.807) is 0 Å². The Morgan fingerprint density at radius 1 is 1.45 bits per heavy atom. The van der Waals surface area contributed by atoms with E-state index < -0.39 is 10.4 Å². The van der Waals surface area contributed by atoms with Gasteiger partial charge in [0.25, 0.3) is 0 Å². The predicted octanol–water partition coefficient (Wildman–Crippen LogP) is -0.937. The van der Waals surface area contributed by atoms with Crippen LogP contribution in [0.1, 0.15) is 13.3 Å². The van der Waals surface area contributed by atoms with Gasteiger partial charge in [-0.15, -0.1) is 0 Å². The number of aliphatic hydroxyl groups is 1. The van der Waals surface area contributed by atoms with E-state index in [1.165, 1.54) is 0 Å². The van der Waals surface area contributed by atoms with Gasteiger partial charge in [-0.3, -0.25) is 9.11 Å². The highest BCUT2D eigenvalue weighted by molar-refractivity contribution is 7.79. The summed E-state index contributed by atoms with van der Waals surface area (Å²) in [5, 5.41) is 8.21. The SMILES string of the molecule is CC[C@H](N)CO.O=S(=O)(O)O. The van der Waals surface area contributed by atoms with Crippen molar-refractivity contribution < 1.29 is 22.6 Å². The Morgan fingerprint density at radius 3 is 1.73 bits per heavy atom. The van der Waals surface area contributed by atoms with E-state index in [1.807, 2.05) is 6.92 Å². The molecule has 0 aromatic carbocycles. The van der Waals surface area contributed by atoms with Gasteiger partial charge in [-0.05, 0) is 6.42 Å². The minimum atomic E-state index is -4.67. The van der Waals surface area contributed by atoms with Crippen LogP contribution in [0.5, 0.6) is 0 Å². The van der Waals surface area contributed by atoms with Gasteiger partial charge in [0.1, 0.15) is 0 Å². The molecule has 70 valence electrons. The largest absolute Gasteiger partial charge is 0.395 e. The first kappa shape index (κ1) is 13.4. The zero-order valence-electron chi connectivity index (χ0n) is 6.14. The van der Waals surface area contributed by atoms with Gasteiger partial charge in [-0.25, -0.2) is 0 Å². The Hall–Kier alpha value is -0.210. The Morgan fingerprint density at radius 2 is 1.73 bits per heavy atom. The van der Waals surface area contributed by atoms with Gasteiger partial charge in [0.15, 0.2) is 0 Å². The highest BCUT2D eigenvalue weighted by atomic mass is 32.3. The van der Waals surface area contributed by atoms with Gasteiger partial charge in [-0.2, -0.15) is 8.42 Å². The molecular weight excluding hydrogens is 174 g/mol. The molecule has 0 rings (SSSR count). The summed E-state index contributed by atoms with van der Waals surface area (Å²) in [5.74, 6) is 0. The second-order valence-corrected chi connectivity index (χ2v) is 2.69. The number of rotatable bonds is 2. The molecule has 0 saturated heterocycles. The summed E-state index contributed by atoms with van der Waals surface area (Å²) < 4.78 is 31.6. The topological polar surface area (TPSA) is 121 Å². The Labute approximate surface area is 65.6 Å². The predicted molar refractivity (Wildman–Crippen MR) is 39.5 cm³/mol. The van der Waals surface area contributed by atoms with Crippen molar-refractivity contribution >= 4 is 10.4 Å². The van der Waals surface area contributed by atoms with E-state index >= 15 is 0 Å². The van der Waals surface area contributed by atoms with Gasteiger partial charge in [-0.1, -0.05) is 6.92 Å². The number of hydrogen-bond acceptors (Lipinski definition) is 4. The standard InChI is InChI=1S/C4H11NO.H2O4S/c1-2-4(5)3-6;1-5(2,3)4/h4,6H,2-3,5H2,1H3;(H2,1,2,3,4)/t4-;/m0./s1. The molecule has 0 aromatic heterocycles. The van der Waals surface area contributed by atoms with Crippen LogP contribution in [-0.4, -0.2) is 35.3 Å². The lowest BCUT2D eigenvalue weighted by atomic mass is 10.3. The molecule has 7 heteroatoms. The van der Waals surface area contributed by atoms with Crippen molar-refractivity contribution in [2.24, 2.45) is 5.73 Å². The van der Waals surface area contributed by atoms with Gasteiger partial charge < -0.3 is 10.8 Å². The third-order valence-corrected chi connectivity index (χ3v) is 0.759. The van der Waals surface area contributed by atoms with Crippen molar-refractivity contribution in [2.75, 3.05) is 6.61 Å². The van der Waals surface area contributed by atoms with Crippen molar-refractivity contribution in [3.8, 4) is 0 Å². The third kappa shape index (κ3) is 41.4. The van der Waals surface area contributed by atoms with E-state index in [4.69, 9.17) is 28.4 Å². The average molecular weight is 187 g/mol. The molecule has 6 nitrogen and oxygen atoms in total.